The van der Waals surface area contributed by atoms with Crippen molar-refractivity contribution in [3.05, 3.63) is 16.0 Å². The number of carbonyl (C=O) groups excluding carboxylic acids is 2. The Kier molecular flexibility index (Phi) is 7.25. The molecular formula is C17H25N5O3S2. The zero-order valence-corrected chi connectivity index (χ0v) is 17.8. The van der Waals surface area contributed by atoms with Crippen molar-refractivity contribution in [2.75, 3.05) is 23.4 Å². The van der Waals surface area contributed by atoms with Gasteiger partial charge in [-0.3, -0.25) is 9.36 Å². The molecule has 1 atom stereocenters. The van der Waals surface area contributed by atoms with Gasteiger partial charge in [-0.25, -0.2) is 4.79 Å². The molecule has 0 aliphatic carbocycles. The highest BCUT2D eigenvalue weighted by molar-refractivity contribution is 7.99. The van der Waals surface area contributed by atoms with Crippen molar-refractivity contribution >= 4 is 45.9 Å². The van der Waals surface area contributed by atoms with Gasteiger partial charge in [-0.05, 0) is 38.5 Å². The number of hydrogen-bond acceptors (Lipinski definition) is 8. The second-order valence-corrected chi connectivity index (χ2v) is 8.22. The van der Waals surface area contributed by atoms with Gasteiger partial charge in [0, 0.05) is 4.88 Å². The van der Waals surface area contributed by atoms with E-state index in [9.17, 15) is 9.59 Å². The Morgan fingerprint density at radius 3 is 2.59 bits per heavy atom. The number of anilines is 2. The summed E-state index contributed by atoms with van der Waals surface area (Å²) < 4.78 is 6.78. The summed E-state index contributed by atoms with van der Waals surface area (Å²) in [5.41, 5.74) is 7.17. The molecule has 0 aromatic carbocycles. The third kappa shape index (κ3) is 4.44. The predicted molar refractivity (Wildman–Crippen MR) is 109 cm³/mol. The van der Waals surface area contributed by atoms with E-state index in [0.29, 0.717) is 22.1 Å². The van der Waals surface area contributed by atoms with Gasteiger partial charge in [-0.1, -0.05) is 25.6 Å². The molecule has 10 heteroatoms. The zero-order valence-electron chi connectivity index (χ0n) is 16.2. The summed E-state index contributed by atoms with van der Waals surface area (Å²) in [5.74, 6) is 0.270. The van der Waals surface area contributed by atoms with Gasteiger partial charge in [0.1, 0.15) is 11.0 Å². The van der Waals surface area contributed by atoms with Gasteiger partial charge < -0.3 is 15.8 Å². The van der Waals surface area contributed by atoms with Crippen LogP contribution in [0.2, 0.25) is 0 Å². The van der Waals surface area contributed by atoms with Crippen molar-refractivity contribution in [1.82, 2.24) is 14.8 Å². The number of nitrogens with zero attached hydrogens (tertiary/aromatic N) is 3. The number of thioether (sulfide) groups is 1. The lowest BCUT2D eigenvalue weighted by molar-refractivity contribution is -0.119. The summed E-state index contributed by atoms with van der Waals surface area (Å²) in [4.78, 5) is 26.3. The molecule has 1 unspecified atom stereocenters. The van der Waals surface area contributed by atoms with Crippen LogP contribution in [0.3, 0.4) is 0 Å². The maximum atomic E-state index is 13.0. The normalized spacial score (nSPS) is 12.0. The molecule has 0 aliphatic heterocycles. The van der Waals surface area contributed by atoms with Gasteiger partial charge in [0.05, 0.1) is 12.2 Å². The Hall–Kier alpha value is -2.07. The number of nitrogen functional groups attached to an aromatic ring is 1. The number of ether oxygens (including phenoxy) is 1. The second-order valence-electron chi connectivity index (χ2n) is 5.76. The Morgan fingerprint density at radius 2 is 2.00 bits per heavy atom. The molecule has 0 fully saturated rings. The van der Waals surface area contributed by atoms with Crippen molar-refractivity contribution in [3.8, 4) is 0 Å². The average molecular weight is 412 g/mol. The summed E-state index contributed by atoms with van der Waals surface area (Å²) in [6, 6.07) is -0.577. The van der Waals surface area contributed by atoms with E-state index in [1.807, 2.05) is 27.7 Å². The van der Waals surface area contributed by atoms with E-state index < -0.39 is 12.0 Å². The van der Waals surface area contributed by atoms with Gasteiger partial charge in [-0.15, -0.1) is 21.5 Å². The van der Waals surface area contributed by atoms with E-state index in [-0.39, 0.29) is 18.5 Å². The molecule has 27 heavy (non-hydrogen) atoms. The van der Waals surface area contributed by atoms with Crippen molar-refractivity contribution in [3.63, 3.8) is 0 Å². The number of nitrogens with one attached hydrogen (secondary N) is 1. The van der Waals surface area contributed by atoms with E-state index in [4.69, 9.17) is 10.5 Å². The highest BCUT2D eigenvalue weighted by atomic mass is 32.2. The van der Waals surface area contributed by atoms with E-state index in [1.165, 1.54) is 23.1 Å². The van der Waals surface area contributed by atoms with Crippen LogP contribution in [-0.2, 0) is 9.53 Å². The molecule has 2 rings (SSSR count). The first-order valence-electron chi connectivity index (χ1n) is 8.76. The number of rotatable bonds is 8. The van der Waals surface area contributed by atoms with Crippen LogP contribution in [0.25, 0.3) is 0 Å². The third-order valence-electron chi connectivity index (χ3n) is 4.07. The van der Waals surface area contributed by atoms with Crippen molar-refractivity contribution < 1.29 is 14.3 Å². The van der Waals surface area contributed by atoms with Crippen LogP contribution in [0, 0.1) is 13.8 Å². The fraction of sp³-hybridized carbons (Fsp3) is 0.529. The fourth-order valence-corrected chi connectivity index (χ4v) is 4.42. The molecule has 2 aromatic heterocycles. The Labute approximate surface area is 166 Å². The molecule has 0 bridgehead atoms. The van der Waals surface area contributed by atoms with Crippen LogP contribution in [0.15, 0.2) is 5.16 Å². The lowest BCUT2D eigenvalue weighted by Crippen LogP contribution is -2.27. The number of hydrogen-bond donors (Lipinski definition) is 2. The van der Waals surface area contributed by atoms with Crippen LogP contribution >= 0.6 is 23.1 Å². The summed E-state index contributed by atoms with van der Waals surface area (Å²) >= 11 is 2.83. The molecule has 0 spiro atoms. The Balaban J connectivity index is 2.35. The summed E-state index contributed by atoms with van der Waals surface area (Å²) in [6.07, 6.45) is 0.503. The predicted octanol–water partition coefficient (Wildman–Crippen LogP) is 3.42. The number of esters is 1. The molecule has 0 aliphatic rings. The zero-order chi connectivity index (χ0) is 20.1. The number of aryl methyl sites for hydroxylation is 1. The average Bonchev–Trinajstić information content (AvgIpc) is 3.10. The van der Waals surface area contributed by atoms with E-state index in [0.717, 1.165) is 16.2 Å². The van der Waals surface area contributed by atoms with Gasteiger partial charge in [-0.2, -0.15) is 0 Å². The smallest absolute Gasteiger partial charge is 0.341 e. The largest absolute Gasteiger partial charge is 0.462 e. The number of amides is 1. The third-order valence-corrected chi connectivity index (χ3v) is 6.01. The lowest BCUT2D eigenvalue weighted by Gasteiger charge is -2.19. The van der Waals surface area contributed by atoms with Crippen LogP contribution < -0.4 is 11.1 Å². The maximum absolute atomic E-state index is 13.0. The SMILES string of the molecule is CCOC(=O)c1c(NC(=O)C(CC)n2c(N)nnc2SCC)sc(C)c1C. The highest BCUT2D eigenvalue weighted by Gasteiger charge is 2.28. The lowest BCUT2D eigenvalue weighted by atomic mass is 10.1. The van der Waals surface area contributed by atoms with Crippen molar-refractivity contribution in [1.29, 1.82) is 0 Å². The molecule has 0 radical (unpaired) electrons. The number of aromatic nitrogens is 3. The quantitative estimate of drug-likeness (QED) is 0.505. The molecule has 2 aromatic rings. The van der Waals surface area contributed by atoms with Crippen LogP contribution in [0.4, 0.5) is 10.9 Å². The molecule has 148 valence electrons. The Bertz CT molecular complexity index is 831. The monoisotopic (exact) mass is 411 g/mol. The second kappa shape index (κ2) is 9.23. The number of nitrogens with two attached hydrogens (primary N) is 1. The topological polar surface area (TPSA) is 112 Å². The summed E-state index contributed by atoms with van der Waals surface area (Å²) in [6.45, 7) is 9.65. The fourth-order valence-electron chi connectivity index (χ4n) is 2.65. The van der Waals surface area contributed by atoms with Gasteiger partial charge in [0.25, 0.3) is 0 Å². The van der Waals surface area contributed by atoms with E-state index in [1.54, 1.807) is 11.5 Å². The minimum absolute atomic E-state index is 0.192. The van der Waals surface area contributed by atoms with Gasteiger partial charge >= 0.3 is 5.97 Å². The molecule has 1 amide bonds. The first-order chi connectivity index (χ1) is 12.8. The molecule has 2 heterocycles. The summed E-state index contributed by atoms with van der Waals surface area (Å²) in [7, 11) is 0. The van der Waals surface area contributed by atoms with Crippen molar-refractivity contribution in [2.45, 2.75) is 52.2 Å². The van der Waals surface area contributed by atoms with E-state index in [2.05, 4.69) is 15.5 Å². The van der Waals surface area contributed by atoms with Crippen LogP contribution in [-0.4, -0.2) is 39.0 Å². The molecular weight excluding hydrogens is 386 g/mol. The minimum atomic E-state index is -0.577. The Morgan fingerprint density at radius 1 is 1.30 bits per heavy atom. The standard InChI is InChI=1S/C17H25N5O3S2/c1-6-11(22-16(18)20-21-17(22)26-8-3)13(23)19-14-12(15(24)25-7-2)9(4)10(5)27-14/h11H,6-8H2,1-5H3,(H2,18,20)(H,19,23). The molecule has 8 nitrogen and oxygen atoms in total. The molecule has 0 saturated carbocycles. The van der Waals surface area contributed by atoms with Crippen LogP contribution in [0.1, 0.15) is 54.0 Å². The molecule has 0 saturated heterocycles. The van der Waals surface area contributed by atoms with Gasteiger partial charge in [0.15, 0.2) is 5.16 Å². The first kappa shape index (κ1) is 21.2. The van der Waals surface area contributed by atoms with Crippen molar-refractivity contribution in [2.24, 2.45) is 0 Å². The maximum Gasteiger partial charge on any atom is 0.341 e. The minimum Gasteiger partial charge on any atom is -0.462 e. The summed E-state index contributed by atoms with van der Waals surface area (Å²) in [5, 5.41) is 11.9. The number of thiophene rings is 1. The van der Waals surface area contributed by atoms with E-state index >= 15 is 0 Å². The first-order valence-corrected chi connectivity index (χ1v) is 10.6. The highest BCUT2D eigenvalue weighted by Crippen LogP contribution is 2.34. The molecule has 3 N–H and O–H groups in total. The number of carbonyl (C=O) groups is 2. The van der Waals surface area contributed by atoms with Gasteiger partial charge in [0.2, 0.25) is 11.9 Å². The van der Waals surface area contributed by atoms with Crippen LogP contribution in [0.5, 0.6) is 0 Å².